The molecule has 1 aromatic carbocycles. The minimum absolute atomic E-state index is 0.0517. The van der Waals surface area contributed by atoms with Gasteiger partial charge < -0.3 is 9.80 Å². The van der Waals surface area contributed by atoms with Crippen molar-refractivity contribution >= 4 is 34.1 Å². The Morgan fingerprint density at radius 1 is 1.39 bits per heavy atom. The molecule has 2 heterocycles. The Kier molecular flexibility index (Phi) is 4.29. The van der Waals surface area contributed by atoms with Crippen molar-refractivity contribution in [3.8, 4) is 0 Å². The molecule has 0 spiro atoms. The molecule has 0 radical (unpaired) electrons. The Bertz CT molecular complexity index is 716. The molecule has 1 saturated heterocycles. The molecule has 1 atom stereocenters. The van der Waals surface area contributed by atoms with Crippen LogP contribution < -0.4 is 10.2 Å². The lowest BCUT2D eigenvalue weighted by atomic mass is 10.2. The Morgan fingerprint density at radius 3 is 2.78 bits per heavy atom. The van der Waals surface area contributed by atoms with Crippen LogP contribution in [0.15, 0.2) is 35.7 Å². The molecule has 1 aliphatic heterocycles. The molecule has 0 saturated carbocycles. The van der Waals surface area contributed by atoms with Crippen LogP contribution in [0.2, 0.25) is 0 Å². The van der Waals surface area contributed by atoms with Crippen LogP contribution in [0.3, 0.4) is 0 Å². The summed E-state index contributed by atoms with van der Waals surface area (Å²) in [7, 11) is 1.65. The number of rotatable bonds is 3. The third-order valence-electron chi connectivity index (χ3n) is 3.87. The van der Waals surface area contributed by atoms with Crippen molar-refractivity contribution in [3.63, 3.8) is 0 Å². The zero-order valence-corrected chi connectivity index (χ0v) is 13.8. The van der Waals surface area contributed by atoms with Gasteiger partial charge in [0.25, 0.3) is 0 Å². The molecule has 2 aromatic rings. The first-order valence-corrected chi connectivity index (χ1v) is 8.26. The fourth-order valence-electron chi connectivity index (χ4n) is 2.62. The van der Waals surface area contributed by atoms with Crippen molar-refractivity contribution in [2.45, 2.75) is 19.4 Å². The SMILES string of the molecule is Cc1csc(NC(=O)N(C)[C@H]2CCN(c3ccccc3)C2=O)n1. The van der Waals surface area contributed by atoms with E-state index >= 15 is 0 Å². The first-order chi connectivity index (χ1) is 11.1. The number of urea groups is 1. The van der Waals surface area contributed by atoms with Gasteiger partial charge in [0.1, 0.15) is 6.04 Å². The number of para-hydroxylation sites is 1. The van der Waals surface area contributed by atoms with Crippen LogP contribution >= 0.6 is 11.3 Å². The average molecular weight is 330 g/mol. The fraction of sp³-hybridized carbons (Fsp3) is 0.312. The maximum Gasteiger partial charge on any atom is 0.324 e. The van der Waals surface area contributed by atoms with Gasteiger partial charge in [0.05, 0.1) is 5.69 Å². The van der Waals surface area contributed by atoms with Gasteiger partial charge in [-0.2, -0.15) is 0 Å². The summed E-state index contributed by atoms with van der Waals surface area (Å²) >= 11 is 1.37. The van der Waals surface area contributed by atoms with Gasteiger partial charge in [0, 0.05) is 24.7 Å². The topological polar surface area (TPSA) is 65.5 Å². The van der Waals surface area contributed by atoms with E-state index in [2.05, 4.69) is 10.3 Å². The molecule has 3 amide bonds. The Balaban J connectivity index is 1.67. The van der Waals surface area contributed by atoms with Gasteiger partial charge in [0.2, 0.25) is 5.91 Å². The number of aromatic nitrogens is 1. The average Bonchev–Trinajstić information content (AvgIpc) is 3.13. The smallest absolute Gasteiger partial charge is 0.315 e. The molecule has 23 heavy (non-hydrogen) atoms. The van der Waals surface area contributed by atoms with E-state index in [9.17, 15) is 9.59 Å². The molecule has 0 unspecified atom stereocenters. The zero-order chi connectivity index (χ0) is 16.4. The number of aryl methyl sites for hydroxylation is 1. The molecule has 1 aliphatic rings. The predicted molar refractivity (Wildman–Crippen MR) is 90.8 cm³/mol. The number of carbonyl (C=O) groups excluding carboxylic acids is 2. The molecular formula is C16H18N4O2S. The number of hydrogen-bond acceptors (Lipinski definition) is 4. The van der Waals surface area contributed by atoms with E-state index in [4.69, 9.17) is 0 Å². The highest BCUT2D eigenvalue weighted by Crippen LogP contribution is 2.24. The maximum absolute atomic E-state index is 12.6. The third kappa shape index (κ3) is 3.19. The quantitative estimate of drug-likeness (QED) is 0.941. The number of hydrogen-bond donors (Lipinski definition) is 1. The summed E-state index contributed by atoms with van der Waals surface area (Å²) < 4.78 is 0. The number of nitrogens with zero attached hydrogens (tertiary/aromatic N) is 3. The molecular weight excluding hydrogens is 312 g/mol. The Labute approximate surface area is 138 Å². The Morgan fingerprint density at radius 2 is 2.13 bits per heavy atom. The highest BCUT2D eigenvalue weighted by molar-refractivity contribution is 7.13. The number of anilines is 2. The van der Waals surface area contributed by atoms with Gasteiger partial charge in [-0.25, -0.2) is 9.78 Å². The third-order valence-corrected chi connectivity index (χ3v) is 4.74. The highest BCUT2D eigenvalue weighted by Gasteiger charge is 2.37. The molecule has 1 aromatic heterocycles. The van der Waals surface area contributed by atoms with Crippen molar-refractivity contribution in [3.05, 3.63) is 41.4 Å². The van der Waals surface area contributed by atoms with Gasteiger partial charge in [-0.15, -0.1) is 11.3 Å². The van der Waals surface area contributed by atoms with Crippen LogP contribution in [0.1, 0.15) is 12.1 Å². The van der Waals surface area contributed by atoms with Crippen LogP contribution in [0, 0.1) is 6.92 Å². The van der Waals surface area contributed by atoms with E-state index in [1.54, 1.807) is 11.9 Å². The standard InChI is InChI=1S/C16H18N4O2S/c1-11-10-23-15(17-11)18-16(22)19(2)13-8-9-20(14(13)21)12-6-4-3-5-7-12/h3-7,10,13H,8-9H2,1-2H3,(H,17,18,22)/t13-/m0/s1. The monoisotopic (exact) mass is 330 g/mol. The van der Waals surface area contributed by atoms with E-state index in [-0.39, 0.29) is 11.9 Å². The molecule has 0 bridgehead atoms. The number of thiazole rings is 1. The van der Waals surface area contributed by atoms with Gasteiger partial charge in [-0.3, -0.25) is 10.1 Å². The number of nitrogens with one attached hydrogen (secondary N) is 1. The van der Waals surface area contributed by atoms with Gasteiger partial charge in [-0.05, 0) is 25.5 Å². The predicted octanol–water partition coefficient (Wildman–Crippen LogP) is 2.72. The van der Waals surface area contributed by atoms with E-state index in [1.165, 1.54) is 16.2 Å². The molecule has 0 aliphatic carbocycles. The minimum Gasteiger partial charge on any atom is -0.315 e. The lowest BCUT2D eigenvalue weighted by Crippen LogP contribution is -2.44. The van der Waals surface area contributed by atoms with Crippen molar-refractivity contribution in [1.82, 2.24) is 9.88 Å². The zero-order valence-electron chi connectivity index (χ0n) is 13.0. The summed E-state index contributed by atoms with van der Waals surface area (Å²) in [5.41, 5.74) is 1.73. The summed E-state index contributed by atoms with van der Waals surface area (Å²) in [5.74, 6) is -0.0517. The second-order valence-electron chi connectivity index (χ2n) is 5.46. The second kappa shape index (κ2) is 6.37. The summed E-state index contributed by atoms with van der Waals surface area (Å²) in [6.45, 7) is 2.48. The summed E-state index contributed by atoms with van der Waals surface area (Å²) in [5, 5.41) is 5.15. The van der Waals surface area contributed by atoms with Gasteiger partial charge in [0.15, 0.2) is 5.13 Å². The number of carbonyl (C=O) groups is 2. The minimum atomic E-state index is -0.448. The number of likely N-dealkylation sites (N-methyl/N-ethyl adjacent to an activating group) is 1. The second-order valence-corrected chi connectivity index (χ2v) is 6.32. The van der Waals surface area contributed by atoms with Crippen LogP contribution in [-0.2, 0) is 4.79 Å². The first-order valence-electron chi connectivity index (χ1n) is 7.38. The lowest BCUT2D eigenvalue weighted by Gasteiger charge is -2.23. The van der Waals surface area contributed by atoms with E-state index in [0.717, 1.165) is 11.4 Å². The van der Waals surface area contributed by atoms with Crippen molar-refractivity contribution in [2.75, 3.05) is 23.8 Å². The largest absolute Gasteiger partial charge is 0.324 e. The molecule has 1 N–H and O–H groups in total. The fourth-order valence-corrected chi connectivity index (χ4v) is 3.30. The van der Waals surface area contributed by atoms with Crippen LogP contribution in [0.4, 0.5) is 15.6 Å². The molecule has 6 nitrogen and oxygen atoms in total. The van der Waals surface area contributed by atoms with Crippen LogP contribution in [-0.4, -0.2) is 41.5 Å². The van der Waals surface area contributed by atoms with Crippen LogP contribution in [0.25, 0.3) is 0 Å². The van der Waals surface area contributed by atoms with E-state index in [1.807, 2.05) is 42.6 Å². The highest BCUT2D eigenvalue weighted by atomic mass is 32.1. The number of amides is 3. The summed E-state index contributed by atoms with van der Waals surface area (Å²) in [6, 6.07) is 8.76. The van der Waals surface area contributed by atoms with Gasteiger partial charge in [-0.1, -0.05) is 18.2 Å². The maximum atomic E-state index is 12.6. The molecule has 120 valence electrons. The van der Waals surface area contributed by atoms with Crippen molar-refractivity contribution < 1.29 is 9.59 Å². The van der Waals surface area contributed by atoms with Crippen molar-refractivity contribution in [1.29, 1.82) is 0 Å². The lowest BCUT2D eigenvalue weighted by molar-refractivity contribution is -0.120. The summed E-state index contributed by atoms with van der Waals surface area (Å²) in [6.07, 6.45) is 0.620. The molecule has 7 heteroatoms. The van der Waals surface area contributed by atoms with E-state index in [0.29, 0.717) is 18.1 Å². The van der Waals surface area contributed by atoms with Crippen molar-refractivity contribution in [2.24, 2.45) is 0 Å². The first kappa shape index (κ1) is 15.5. The summed E-state index contributed by atoms with van der Waals surface area (Å²) in [4.78, 5) is 32.3. The van der Waals surface area contributed by atoms with E-state index < -0.39 is 6.04 Å². The Hall–Kier alpha value is -2.41. The van der Waals surface area contributed by atoms with Gasteiger partial charge >= 0.3 is 6.03 Å². The normalized spacial score (nSPS) is 17.4. The van der Waals surface area contributed by atoms with Crippen LogP contribution in [0.5, 0.6) is 0 Å². The molecule has 1 fully saturated rings. The number of benzene rings is 1. The molecule has 3 rings (SSSR count).